The van der Waals surface area contributed by atoms with Gasteiger partial charge in [0.25, 0.3) is 11.8 Å². The minimum atomic E-state index is -0.385. The van der Waals surface area contributed by atoms with E-state index in [1.807, 2.05) is 0 Å². The van der Waals surface area contributed by atoms with Crippen molar-refractivity contribution in [3.8, 4) is 11.5 Å². The Morgan fingerprint density at radius 3 is 1.39 bits per heavy atom. The number of rotatable bonds is 8. The molecule has 0 spiro atoms. The van der Waals surface area contributed by atoms with E-state index in [9.17, 15) is 9.59 Å². The Balaban J connectivity index is 1.90. The summed E-state index contributed by atoms with van der Waals surface area (Å²) in [5.41, 5.74) is 0.775. The lowest BCUT2D eigenvalue weighted by Crippen LogP contribution is -2.40. The number of benzene rings is 2. The highest BCUT2D eigenvalue weighted by molar-refractivity contribution is 7.80. The molecule has 2 rings (SSSR count). The van der Waals surface area contributed by atoms with Crippen molar-refractivity contribution in [2.24, 2.45) is 0 Å². The maximum Gasteiger partial charge on any atom is 0.257 e. The zero-order valence-electron chi connectivity index (χ0n) is 16.4. The van der Waals surface area contributed by atoms with Gasteiger partial charge >= 0.3 is 0 Å². The van der Waals surface area contributed by atoms with E-state index in [2.05, 4.69) is 21.3 Å². The van der Waals surface area contributed by atoms with Crippen molar-refractivity contribution in [2.45, 2.75) is 0 Å². The summed E-state index contributed by atoms with van der Waals surface area (Å²) in [6.45, 7) is 0.311. The maximum atomic E-state index is 12.1. The van der Waals surface area contributed by atoms with Crippen LogP contribution < -0.4 is 26.0 Å². The van der Waals surface area contributed by atoms with Gasteiger partial charge in [-0.15, -0.1) is 0 Å². The highest BCUT2D eigenvalue weighted by Gasteiger charge is 2.10. The summed E-state index contributed by atoms with van der Waals surface area (Å²) >= 11 is 9.90. The molecule has 6 N–H and O–H groups in total. The third kappa shape index (κ3) is 8.26. The van der Waals surface area contributed by atoms with E-state index >= 15 is 0 Å². The van der Waals surface area contributed by atoms with Crippen LogP contribution in [0.4, 0.5) is 0 Å². The van der Waals surface area contributed by atoms with E-state index in [1.54, 1.807) is 48.5 Å². The molecule has 0 aromatic heterocycles. The molecule has 31 heavy (non-hydrogen) atoms. The van der Waals surface area contributed by atoms with Gasteiger partial charge in [0, 0.05) is 24.2 Å². The van der Waals surface area contributed by atoms with Crippen LogP contribution >= 0.6 is 24.4 Å². The molecule has 0 saturated heterocycles. The summed E-state index contributed by atoms with van der Waals surface area (Å²) in [5, 5.41) is 28.1. The number of aliphatic hydroxyl groups is 2. The molecule has 11 heteroatoms. The molecule has 0 fully saturated rings. The van der Waals surface area contributed by atoms with Crippen LogP contribution in [0.1, 0.15) is 20.7 Å². The van der Waals surface area contributed by atoms with Gasteiger partial charge in [-0.05, 0) is 73.0 Å². The summed E-state index contributed by atoms with van der Waals surface area (Å²) < 4.78 is 5.72. The first-order valence-corrected chi connectivity index (χ1v) is 10.0. The van der Waals surface area contributed by atoms with Gasteiger partial charge < -0.3 is 25.6 Å². The number of thiocarbonyl (C=S) groups is 2. The van der Waals surface area contributed by atoms with Crippen molar-refractivity contribution in [1.82, 2.24) is 21.3 Å². The highest BCUT2D eigenvalue weighted by Crippen LogP contribution is 2.22. The molecule has 0 aliphatic rings. The molecule has 0 saturated carbocycles. The largest absolute Gasteiger partial charge is 0.457 e. The zero-order valence-corrected chi connectivity index (χ0v) is 18.0. The van der Waals surface area contributed by atoms with E-state index in [-0.39, 0.29) is 48.3 Å². The van der Waals surface area contributed by atoms with Gasteiger partial charge in [-0.2, -0.15) is 0 Å². The number of hydrogen-bond donors (Lipinski definition) is 6. The number of ether oxygens (including phenoxy) is 1. The van der Waals surface area contributed by atoms with Crippen molar-refractivity contribution < 1.29 is 24.5 Å². The van der Waals surface area contributed by atoms with Crippen molar-refractivity contribution in [3.63, 3.8) is 0 Å². The van der Waals surface area contributed by atoms with E-state index in [4.69, 9.17) is 39.4 Å². The summed E-state index contributed by atoms with van der Waals surface area (Å²) in [7, 11) is 0. The van der Waals surface area contributed by atoms with Crippen LogP contribution in [-0.2, 0) is 0 Å². The van der Waals surface area contributed by atoms with Gasteiger partial charge in [0.15, 0.2) is 10.2 Å². The second-order valence-electron chi connectivity index (χ2n) is 6.02. The number of carbonyl (C=O) groups excluding carboxylic acids is 2. The smallest absolute Gasteiger partial charge is 0.257 e. The third-order valence-corrected chi connectivity index (χ3v) is 4.21. The van der Waals surface area contributed by atoms with Gasteiger partial charge in [-0.1, -0.05) is 0 Å². The van der Waals surface area contributed by atoms with Crippen molar-refractivity contribution in [2.75, 3.05) is 26.3 Å². The van der Waals surface area contributed by atoms with Crippen LogP contribution in [0.15, 0.2) is 48.5 Å². The van der Waals surface area contributed by atoms with Crippen LogP contribution in [0.3, 0.4) is 0 Å². The Bertz CT molecular complexity index is 845. The van der Waals surface area contributed by atoms with Gasteiger partial charge in [0.05, 0.1) is 13.2 Å². The molecule has 2 aromatic carbocycles. The SMILES string of the molecule is O=C(NC(=S)NCCO)c1ccc(Oc2ccc(C(=O)NC(=S)NCCO)cc2)cc1. The molecule has 2 amide bonds. The first-order chi connectivity index (χ1) is 14.9. The number of hydrogen-bond acceptors (Lipinski definition) is 7. The van der Waals surface area contributed by atoms with E-state index in [0.717, 1.165) is 0 Å². The summed E-state index contributed by atoms with van der Waals surface area (Å²) in [6, 6.07) is 12.9. The number of amides is 2. The van der Waals surface area contributed by atoms with Crippen LogP contribution in [0.2, 0.25) is 0 Å². The van der Waals surface area contributed by atoms with Gasteiger partial charge in [0.1, 0.15) is 11.5 Å². The minimum absolute atomic E-state index is 0.0943. The van der Waals surface area contributed by atoms with Gasteiger partial charge in [0.2, 0.25) is 0 Å². The number of carbonyl (C=O) groups is 2. The average Bonchev–Trinajstić information content (AvgIpc) is 2.77. The minimum Gasteiger partial charge on any atom is -0.457 e. The highest BCUT2D eigenvalue weighted by atomic mass is 32.1. The lowest BCUT2D eigenvalue weighted by molar-refractivity contribution is 0.0968. The normalized spacial score (nSPS) is 10.0. The lowest BCUT2D eigenvalue weighted by Gasteiger charge is -2.10. The molecule has 0 aliphatic heterocycles. The molecule has 0 unspecified atom stereocenters. The van der Waals surface area contributed by atoms with Crippen LogP contribution in [0.25, 0.3) is 0 Å². The number of aliphatic hydroxyl groups excluding tert-OH is 2. The Labute approximate surface area is 189 Å². The van der Waals surface area contributed by atoms with Crippen LogP contribution in [0.5, 0.6) is 11.5 Å². The first-order valence-electron chi connectivity index (χ1n) is 9.21. The first kappa shape index (κ1) is 24.2. The third-order valence-electron chi connectivity index (χ3n) is 3.72. The zero-order chi connectivity index (χ0) is 22.6. The standard InChI is InChI=1S/C20H22N4O5S2/c25-11-9-21-19(30)23-17(27)13-1-5-15(6-2-13)29-16-7-3-14(4-8-16)18(28)24-20(31)22-10-12-26/h1-8,25-26H,9-12H2,(H2,21,23,27,30)(H2,22,24,28,31). The fraction of sp³-hybridized carbons (Fsp3) is 0.200. The monoisotopic (exact) mass is 462 g/mol. The maximum absolute atomic E-state index is 12.1. The molecule has 0 bridgehead atoms. The van der Waals surface area contributed by atoms with E-state index < -0.39 is 0 Å². The second-order valence-corrected chi connectivity index (χ2v) is 6.83. The van der Waals surface area contributed by atoms with Crippen LogP contribution in [-0.4, -0.2) is 58.6 Å². The quantitative estimate of drug-likeness (QED) is 0.313. The van der Waals surface area contributed by atoms with Crippen molar-refractivity contribution >= 4 is 46.5 Å². The second kappa shape index (κ2) is 12.5. The van der Waals surface area contributed by atoms with E-state index in [0.29, 0.717) is 22.6 Å². The summed E-state index contributed by atoms with van der Waals surface area (Å²) in [5.74, 6) is 0.237. The molecule has 2 aromatic rings. The van der Waals surface area contributed by atoms with Gasteiger partial charge in [-0.3, -0.25) is 20.2 Å². The molecule has 164 valence electrons. The Morgan fingerprint density at radius 2 is 1.06 bits per heavy atom. The molecule has 9 nitrogen and oxygen atoms in total. The molecule has 0 atom stereocenters. The van der Waals surface area contributed by atoms with Crippen molar-refractivity contribution in [1.29, 1.82) is 0 Å². The molecule has 0 heterocycles. The summed E-state index contributed by atoms with van der Waals surface area (Å²) in [4.78, 5) is 24.2. The topological polar surface area (TPSA) is 132 Å². The Kier molecular flexibility index (Phi) is 9.78. The lowest BCUT2D eigenvalue weighted by atomic mass is 10.2. The Morgan fingerprint density at radius 1 is 0.710 bits per heavy atom. The number of nitrogens with one attached hydrogen (secondary N) is 4. The average molecular weight is 463 g/mol. The molecular weight excluding hydrogens is 440 g/mol. The fourth-order valence-electron chi connectivity index (χ4n) is 2.26. The Hall–Kier alpha value is -3.12. The molecule has 0 radical (unpaired) electrons. The summed E-state index contributed by atoms with van der Waals surface area (Å²) in [6.07, 6.45) is 0. The van der Waals surface area contributed by atoms with Gasteiger partial charge in [-0.25, -0.2) is 0 Å². The molecular formula is C20H22N4O5S2. The fourth-order valence-corrected chi connectivity index (χ4v) is 2.65. The van der Waals surface area contributed by atoms with Crippen LogP contribution in [0, 0.1) is 0 Å². The predicted molar refractivity (Wildman–Crippen MR) is 123 cm³/mol. The van der Waals surface area contributed by atoms with Crippen molar-refractivity contribution in [3.05, 3.63) is 59.7 Å². The predicted octanol–water partition coefficient (Wildman–Crippen LogP) is 0.672. The van der Waals surface area contributed by atoms with E-state index in [1.165, 1.54) is 0 Å². The molecule has 0 aliphatic carbocycles.